The van der Waals surface area contributed by atoms with Gasteiger partial charge >= 0.3 is 0 Å². The number of rotatable bonds is 0. The summed E-state index contributed by atoms with van der Waals surface area (Å²) < 4.78 is 0. The number of Topliss-reactive ketones (excluding diaryl/α,β-unsaturated/α-hetero) is 1. The Morgan fingerprint density at radius 1 is 1.17 bits per heavy atom. The van der Waals surface area contributed by atoms with E-state index in [-0.39, 0.29) is 16.9 Å². The fourth-order valence-electron chi connectivity index (χ4n) is 2.48. The van der Waals surface area contributed by atoms with Gasteiger partial charge in [-0.3, -0.25) is 4.79 Å². The van der Waals surface area contributed by atoms with Crippen LogP contribution in [0.5, 0.6) is 0 Å². The quantitative estimate of drug-likeness (QED) is 0.600. The molecule has 0 aromatic rings. The summed E-state index contributed by atoms with van der Waals surface area (Å²) in [7, 11) is 0. The highest BCUT2D eigenvalue weighted by molar-refractivity contribution is 5.90. The second-order valence-electron chi connectivity index (χ2n) is 5.27. The van der Waals surface area contributed by atoms with Gasteiger partial charge in [0.15, 0.2) is 0 Å². The third-order valence-corrected chi connectivity index (χ3v) is 2.77. The van der Waals surface area contributed by atoms with E-state index in [0.29, 0.717) is 5.78 Å². The van der Waals surface area contributed by atoms with Crippen LogP contribution >= 0.6 is 0 Å². The van der Waals surface area contributed by atoms with Crippen molar-refractivity contribution < 1.29 is 4.79 Å². The van der Waals surface area contributed by atoms with Crippen molar-refractivity contribution in [2.45, 2.75) is 46.6 Å². The van der Waals surface area contributed by atoms with E-state index in [2.05, 4.69) is 0 Å². The topological polar surface area (TPSA) is 43.1 Å². The molecule has 2 heteroatoms. The highest BCUT2D eigenvalue weighted by Crippen LogP contribution is 2.41. The summed E-state index contributed by atoms with van der Waals surface area (Å²) in [6, 6.07) is 0.188. The summed E-state index contributed by atoms with van der Waals surface area (Å²) in [4.78, 5) is 11.9. The molecule has 1 fully saturated rings. The molecule has 2 N–H and O–H groups in total. The van der Waals surface area contributed by atoms with Gasteiger partial charge in [-0.25, -0.2) is 0 Å². The average molecular weight is 169 g/mol. The van der Waals surface area contributed by atoms with Crippen molar-refractivity contribution in [3.63, 3.8) is 0 Å². The molecule has 0 atom stereocenters. The molecule has 2 nitrogen and oxygen atoms in total. The fourth-order valence-corrected chi connectivity index (χ4v) is 2.48. The summed E-state index contributed by atoms with van der Waals surface area (Å²) in [5.41, 5.74) is 5.45. The van der Waals surface area contributed by atoms with E-state index in [1.807, 2.05) is 27.7 Å². The minimum Gasteiger partial charge on any atom is -0.328 e. The van der Waals surface area contributed by atoms with Crippen LogP contribution in [0, 0.1) is 10.8 Å². The largest absolute Gasteiger partial charge is 0.328 e. The van der Waals surface area contributed by atoms with Crippen LogP contribution in [-0.4, -0.2) is 11.8 Å². The maximum Gasteiger partial charge on any atom is 0.144 e. The van der Waals surface area contributed by atoms with Crippen molar-refractivity contribution in [3.05, 3.63) is 0 Å². The van der Waals surface area contributed by atoms with E-state index in [1.165, 1.54) is 0 Å². The van der Waals surface area contributed by atoms with E-state index in [4.69, 9.17) is 5.73 Å². The van der Waals surface area contributed by atoms with Gasteiger partial charge in [0.25, 0.3) is 0 Å². The Balaban J connectivity index is 2.91. The van der Waals surface area contributed by atoms with Gasteiger partial charge < -0.3 is 5.73 Å². The number of ketones is 1. The van der Waals surface area contributed by atoms with Crippen molar-refractivity contribution in [1.29, 1.82) is 0 Å². The Bertz CT molecular complexity index is 186. The van der Waals surface area contributed by atoms with E-state index in [1.54, 1.807) is 0 Å². The lowest BCUT2D eigenvalue weighted by molar-refractivity contribution is -0.140. The second-order valence-corrected chi connectivity index (χ2v) is 5.27. The van der Waals surface area contributed by atoms with Gasteiger partial charge in [0, 0.05) is 16.9 Å². The Morgan fingerprint density at radius 3 is 1.83 bits per heavy atom. The maximum absolute atomic E-state index is 11.9. The Morgan fingerprint density at radius 2 is 1.50 bits per heavy atom. The van der Waals surface area contributed by atoms with Gasteiger partial charge in [-0.05, 0) is 12.8 Å². The first-order chi connectivity index (χ1) is 5.26. The highest BCUT2D eigenvalue weighted by Gasteiger charge is 2.45. The van der Waals surface area contributed by atoms with Gasteiger partial charge in [0.1, 0.15) is 5.78 Å². The lowest BCUT2D eigenvalue weighted by Gasteiger charge is -2.41. The molecule has 0 saturated heterocycles. The molecule has 0 aromatic heterocycles. The van der Waals surface area contributed by atoms with Crippen molar-refractivity contribution >= 4 is 5.78 Å². The first-order valence-electron chi connectivity index (χ1n) is 4.56. The molecule has 0 bridgehead atoms. The highest BCUT2D eigenvalue weighted by atomic mass is 16.1. The molecule has 1 aliphatic carbocycles. The first-order valence-corrected chi connectivity index (χ1v) is 4.56. The summed E-state index contributed by atoms with van der Waals surface area (Å²) in [6.07, 6.45) is 1.66. The summed E-state index contributed by atoms with van der Waals surface area (Å²) in [5.74, 6) is 0.358. The van der Waals surface area contributed by atoms with E-state index in [9.17, 15) is 4.79 Å². The molecule has 0 radical (unpaired) electrons. The van der Waals surface area contributed by atoms with Gasteiger partial charge in [0.05, 0.1) is 0 Å². The molecule has 0 spiro atoms. The molecular weight excluding hydrogens is 150 g/mol. The number of hydrogen-bond acceptors (Lipinski definition) is 2. The van der Waals surface area contributed by atoms with E-state index >= 15 is 0 Å². The third-order valence-electron chi connectivity index (χ3n) is 2.77. The molecule has 0 unspecified atom stereocenters. The molecule has 1 aliphatic rings. The number of carbonyl (C=O) groups is 1. The molecular formula is C10H19NO. The van der Waals surface area contributed by atoms with Crippen LogP contribution < -0.4 is 5.73 Å². The predicted molar refractivity (Wildman–Crippen MR) is 49.8 cm³/mol. The van der Waals surface area contributed by atoms with Crippen molar-refractivity contribution in [3.8, 4) is 0 Å². The van der Waals surface area contributed by atoms with Crippen LogP contribution in [0.25, 0.3) is 0 Å². The minimum absolute atomic E-state index is 0.188. The molecule has 1 rings (SSSR count). The first kappa shape index (κ1) is 9.72. The van der Waals surface area contributed by atoms with Crippen LogP contribution in [0.2, 0.25) is 0 Å². The average Bonchev–Trinajstić information content (AvgIpc) is 1.80. The number of hydrogen-bond donors (Lipinski definition) is 1. The molecule has 0 amide bonds. The van der Waals surface area contributed by atoms with E-state index < -0.39 is 0 Å². The smallest absolute Gasteiger partial charge is 0.144 e. The summed E-state index contributed by atoms with van der Waals surface area (Å²) >= 11 is 0. The molecule has 70 valence electrons. The molecule has 12 heavy (non-hydrogen) atoms. The lowest BCUT2D eigenvalue weighted by atomic mass is 9.63. The Labute approximate surface area is 74.5 Å². The maximum atomic E-state index is 11.9. The Kier molecular flexibility index (Phi) is 2.07. The standard InChI is InChI=1S/C10H19NO/c1-9(2)5-7(11)6-10(3,4)8(9)12/h7H,5-6,11H2,1-4H3. The van der Waals surface area contributed by atoms with Gasteiger partial charge in [-0.1, -0.05) is 27.7 Å². The predicted octanol–water partition coefficient (Wildman–Crippen LogP) is 1.73. The van der Waals surface area contributed by atoms with Gasteiger partial charge in [-0.2, -0.15) is 0 Å². The number of nitrogens with two attached hydrogens (primary N) is 1. The molecule has 1 saturated carbocycles. The van der Waals surface area contributed by atoms with E-state index in [0.717, 1.165) is 12.8 Å². The van der Waals surface area contributed by atoms with Crippen LogP contribution in [0.15, 0.2) is 0 Å². The molecule has 0 aliphatic heterocycles. The van der Waals surface area contributed by atoms with Crippen LogP contribution in [0.3, 0.4) is 0 Å². The molecule has 0 aromatic carbocycles. The van der Waals surface area contributed by atoms with Gasteiger partial charge in [0.2, 0.25) is 0 Å². The second kappa shape index (κ2) is 2.56. The Hall–Kier alpha value is -0.370. The van der Waals surface area contributed by atoms with Crippen molar-refractivity contribution in [1.82, 2.24) is 0 Å². The monoisotopic (exact) mass is 169 g/mol. The fraction of sp³-hybridized carbons (Fsp3) is 0.900. The zero-order chi connectivity index (χ0) is 9.57. The van der Waals surface area contributed by atoms with Crippen LogP contribution in [0.1, 0.15) is 40.5 Å². The third kappa shape index (κ3) is 1.53. The zero-order valence-electron chi connectivity index (χ0n) is 8.48. The van der Waals surface area contributed by atoms with Gasteiger partial charge in [-0.15, -0.1) is 0 Å². The minimum atomic E-state index is -0.221. The van der Waals surface area contributed by atoms with Crippen molar-refractivity contribution in [2.75, 3.05) is 0 Å². The van der Waals surface area contributed by atoms with Crippen LogP contribution in [0.4, 0.5) is 0 Å². The van der Waals surface area contributed by atoms with Crippen molar-refractivity contribution in [2.24, 2.45) is 16.6 Å². The normalized spacial score (nSPS) is 28.9. The van der Waals surface area contributed by atoms with Crippen LogP contribution in [-0.2, 0) is 4.79 Å². The lowest BCUT2D eigenvalue weighted by Crippen LogP contribution is -2.49. The number of carbonyl (C=O) groups excluding carboxylic acids is 1. The zero-order valence-corrected chi connectivity index (χ0v) is 8.48. The SMILES string of the molecule is CC1(C)CC(N)CC(C)(C)C1=O. The summed E-state index contributed by atoms with van der Waals surface area (Å²) in [6.45, 7) is 7.98. The summed E-state index contributed by atoms with van der Waals surface area (Å²) in [5, 5.41) is 0. The molecule has 0 heterocycles.